The third kappa shape index (κ3) is 1.85. The molecule has 0 saturated heterocycles. The summed E-state index contributed by atoms with van der Waals surface area (Å²) < 4.78 is 0. The highest BCUT2D eigenvalue weighted by atomic mass is 16.3. The third-order valence-electron chi connectivity index (χ3n) is 5.61. The maximum Gasteiger partial charge on any atom is 0.148 e. The van der Waals surface area contributed by atoms with E-state index < -0.39 is 5.60 Å². The minimum atomic E-state index is -1.17. The van der Waals surface area contributed by atoms with Crippen LogP contribution in [-0.4, -0.2) is 20.1 Å². The molecule has 128 valence electrons. The van der Waals surface area contributed by atoms with Gasteiger partial charge in [0.1, 0.15) is 11.4 Å². The van der Waals surface area contributed by atoms with Crippen LogP contribution in [0.3, 0.4) is 0 Å². The SMILES string of the molecule is Cc1cc(C)c2[nH]cc3c2c1C(O)(c1nc2ccc(C#N)cc2[nH]1)CC3. The molecule has 5 heteroatoms. The smallest absolute Gasteiger partial charge is 0.148 e. The number of hydrogen-bond donors (Lipinski definition) is 3. The molecule has 5 rings (SSSR count). The number of nitrogens with one attached hydrogen (secondary N) is 2. The van der Waals surface area contributed by atoms with Crippen LogP contribution < -0.4 is 0 Å². The second-order valence-electron chi connectivity index (χ2n) is 7.24. The monoisotopic (exact) mass is 342 g/mol. The number of hydrogen-bond acceptors (Lipinski definition) is 3. The molecule has 0 fully saturated rings. The van der Waals surface area contributed by atoms with Crippen molar-refractivity contribution in [3.8, 4) is 6.07 Å². The molecule has 0 aliphatic heterocycles. The Morgan fingerprint density at radius 2 is 2.08 bits per heavy atom. The average molecular weight is 342 g/mol. The molecule has 1 unspecified atom stereocenters. The fraction of sp³-hybridized carbons (Fsp3) is 0.238. The molecular weight excluding hydrogens is 324 g/mol. The quantitative estimate of drug-likeness (QED) is 0.492. The molecule has 1 aliphatic rings. The van der Waals surface area contributed by atoms with E-state index in [0.29, 0.717) is 17.8 Å². The number of fused-ring (bicyclic) bond motifs is 1. The van der Waals surface area contributed by atoms with Gasteiger partial charge in [0.15, 0.2) is 0 Å². The molecule has 2 heterocycles. The molecule has 0 bridgehead atoms. The predicted octanol–water partition coefficient (Wildman–Crippen LogP) is 3.71. The topological polar surface area (TPSA) is 88.5 Å². The molecule has 4 aromatic rings. The van der Waals surface area contributed by atoms with Gasteiger partial charge in [0.2, 0.25) is 0 Å². The van der Waals surface area contributed by atoms with E-state index in [-0.39, 0.29) is 0 Å². The summed E-state index contributed by atoms with van der Waals surface area (Å²) in [6.45, 7) is 4.13. The van der Waals surface area contributed by atoms with Gasteiger partial charge in [-0.25, -0.2) is 4.98 Å². The van der Waals surface area contributed by atoms with Gasteiger partial charge < -0.3 is 15.1 Å². The van der Waals surface area contributed by atoms with E-state index in [4.69, 9.17) is 5.26 Å². The van der Waals surface area contributed by atoms with E-state index in [2.05, 4.69) is 40.2 Å². The van der Waals surface area contributed by atoms with Gasteiger partial charge in [-0.2, -0.15) is 5.26 Å². The number of imidazole rings is 1. The number of nitrogens with zero attached hydrogens (tertiary/aromatic N) is 2. The lowest BCUT2D eigenvalue weighted by Crippen LogP contribution is -2.33. The van der Waals surface area contributed by atoms with Gasteiger partial charge >= 0.3 is 0 Å². The van der Waals surface area contributed by atoms with Gasteiger partial charge in [-0.05, 0) is 61.6 Å². The van der Waals surface area contributed by atoms with Crippen molar-refractivity contribution in [3.63, 3.8) is 0 Å². The molecule has 2 aromatic heterocycles. The highest BCUT2D eigenvalue weighted by Crippen LogP contribution is 2.45. The summed E-state index contributed by atoms with van der Waals surface area (Å²) in [6, 6.07) is 9.60. The van der Waals surface area contributed by atoms with E-state index in [0.717, 1.165) is 39.5 Å². The summed E-state index contributed by atoms with van der Waals surface area (Å²) in [6.07, 6.45) is 3.41. The van der Waals surface area contributed by atoms with Gasteiger partial charge in [0.25, 0.3) is 0 Å². The van der Waals surface area contributed by atoms with E-state index in [1.165, 1.54) is 11.1 Å². The van der Waals surface area contributed by atoms with Crippen molar-refractivity contribution in [1.82, 2.24) is 15.0 Å². The number of aryl methyl sites for hydroxylation is 3. The summed E-state index contributed by atoms with van der Waals surface area (Å²) in [5.74, 6) is 0.544. The zero-order valence-corrected chi connectivity index (χ0v) is 14.6. The second-order valence-corrected chi connectivity index (χ2v) is 7.24. The maximum absolute atomic E-state index is 11.8. The van der Waals surface area contributed by atoms with Gasteiger partial charge in [0, 0.05) is 22.7 Å². The van der Waals surface area contributed by atoms with Crippen LogP contribution >= 0.6 is 0 Å². The Morgan fingerprint density at radius 1 is 1.23 bits per heavy atom. The largest absolute Gasteiger partial charge is 0.377 e. The number of nitriles is 1. The van der Waals surface area contributed by atoms with Crippen LogP contribution in [0.1, 0.15) is 40.1 Å². The number of rotatable bonds is 1. The summed E-state index contributed by atoms with van der Waals surface area (Å²) in [5.41, 5.74) is 6.44. The minimum absolute atomic E-state index is 0.544. The molecular formula is C21H18N4O. The van der Waals surface area contributed by atoms with Crippen molar-refractivity contribution in [2.75, 3.05) is 0 Å². The van der Waals surface area contributed by atoms with Gasteiger partial charge in [-0.3, -0.25) is 0 Å². The van der Waals surface area contributed by atoms with Crippen molar-refractivity contribution in [3.05, 3.63) is 64.1 Å². The van der Waals surface area contributed by atoms with Crippen LogP contribution in [0.5, 0.6) is 0 Å². The summed E-state index contributed by atoms with van der Waals surface area (Å²) in [4.78, 5) is 11.3. The van der Waals surface area contributed by atoms with Crippen molar-refractivity contribution in [2.45, 2.75) is 32.3 Å². The van der Waals surface area contributed by atoms with Crippen LogP contribution in [0, 0.1) is 25.2 Å². The van der Waals surface area contributed by atoms with E-state index >= 15 is 0 Å². The Labute approximate surface area is 150 Å². The van der Waals surface area contributed by atoms with Crippen LogP contribution in [-0.2, 0) is 12.0 Å². The Kier molecular flexibility index (Phi) is 2.90. The number of aliphatic hydroxyl groups is 1. The van der Waals surface area contributed by atoms with E-state index in [9.17, 15) is 5.11 Å². The van der Waals surface area contributed by atoms with Crippen LogP contribution in [0.2, 0.25) is 0 Å². The van der Waals surface area contributed by atoms with Crippen molar-refractivity contribution < 1.29 is 5.11 Å². The van der Waals surface area contributed by atoms with Crippen molar-refractivity contribution >= 4 is 21.9 Å². The highest BCUT2D eigenvalue weighted by Gasteiger charge is 2.41. The third-order valence-corrected chi connectivity index (χ3v) is 5.61. The lowest BCUT2D eigenvalue weighted by atomic mass is 9.77. The number of H-pyrrole nitrogens is 2. The van der Waals surface area contributed by atoms with Crippen molar-refractivity contribution in [1.29, 1.82) is 5.26 Å². The Hall–Kier alpha value is -3.10. The first-order valence-corrected chi connectivity index (χ1v) is 8.74. The van der Waals surface area contributed by atoms with Gasteiger partial charge in [0.05, 0.1) is 22.7 Å². The highest BCUT2D eigenvalue weighted by molar-refractivity contribution is 5.92. The normalized spacial score (nSPS) is 19.2. The van der Waals surface area contributed by atoms with Crippen LogP contribution in [0.15, 0.2) is 30.5 Å². The standard InChI is InChI=1S/C21H18N4O/c1-11-7-12(2)19-17-14(10-23-19)5-6-21(26,18(11)17)20-24-15-4-3-13(9-22)8-16(15)25-20/h3-4,7-8,10,23,26H,5-6H2,1-2H3,(H,24,25). The molecule has 1 aliphatic carbocycles. The molecule has 0 radical (unpaired) electrons. The molecule has 5 nitrogen and oxygen atoms in total. The first-order chi connectivity index (χ1) is 12.5. The molecule has 2 aromatic carbocycles. The van der Waals surface area contributed by atoms with E-state index in [1.54, 1.807) is 12.1 Å². The maximum atomic E-state index is 11.8. The molecule has 0 saturated carbocycles. The zero-order valence-electron chi connectivity index (χ0n) is 14.6. The Bertz CT molecular complexity index is 1240. The molecule has 0 spiro atoms. The fourth-order valence-corrected chi connectivity index (χ4v) is 4.41. The van der Waals surface area contributed by atoms with Crippen LogP contribution in [0.25, 0.3) is 21.9 Å². The fourth-order valence-electron chi connectivity index (χ4n) is 4.41. The molecule has 1 atom stereocenters. The molecule has 3 N–H and O–H groups in total. The van der Waals surface area contributed by atoms with Crippen LogP contribution in [0.4, 0.5) is 0 Å². The van der Waals surface area contributed by atoms with Gasteiger partial charge in [-0.1, -0.05) is 6.07 Å². The predicted molar refractivity (Wildman–Crippen MR) is 99.9 cm³/mol. The molecule has 0 amide bonds. The summed E-state index contributed by atoms with van der Waals surface area (Å²) in [7, 11) is 0. The average Bonchev–Trinajstić information content (AvgIpc) is 3.24. The minimum Gasteiger partial charge on any atom is -0.377 e. The van der Waals surface area contributed by atoms with Gasteiger partial charge in [-0.15, -0.1) is 0 Å². The lowest BCUT2D eigenvalue weighted by Gasteiger charge is -2.33. The molecule has 26 heavy (non-hydrogen) atoms. The lowest BCUT2D eigenvalue weighted by molar-refractivity contribution is 0.0615. The second kappa shape index (κ2) is 4.96. The first kappa shape index (κ1) is 15.2. The summed E-state index contributed by atoms with van der Waals surface area (Å²) >= 11 is 0. The number of benzene rings is 2. The van der Waals surface area contributed by atoms with Crippen molar-refractivity contribution in [2.24, 2.45) is 0 Å². The first-order valence-electron chi connectivity index (χ1n) is 8.74. The van der Waals surface area contributed by atoms with E-state index in [1.807, 2.05) is 13.0 Å². The number of aromatic amines is 2. The zero-order chi connectivity index (χ0) is 18.1. The Balaban J connectivity index is 1.80. The number of aromatic nitrogens is 3. The Morgan fingerprint density at radius 3 is 2.88 bits per heavy atom. The summed E-state index contributed by atoms with van der Waals surface area (Å²) in [5, 5.41) is 22.0.